The predicted octanol–water partition coefficient (Wildman–Crippen LogP) is 2.64. The van der Waals surface area contributed by atoms with Crippen molar-refractivity contribution >= 4 is 28.6 Å². The van der Waals surface area contributed by atoms with E-state index in [0.717, 1.165) is 16.7 Å². The quantitative estimate of drug-likeness (QED) is 0.416. The van der Waals surface area contributed by atoms with Gasteiger partial charge >= 0.3 is 0 Å². The van der Waals surface area contributed by atoms with Gasteiger partial charge in [0.05, 0.1) is 0 Å². The molecule has 0 saturated heterocycles. The second-order valence-corrected chi connectivity index (χ2v) is 3.19. The van der Waals surface area contributed by atoms with Gasteiger partial charge in [-0.05, 0) is 47.6 Å². The van der Waals surface area contributed by atoms with Gasteiger partial charge in [0, 0.05) is 10.5 Å². The van der Waals surface area contributed by atoms with Gasteiger partial charge in [0.1, 0.15) is 5.40 Å². The van der Waals surface area contributed by atoms with Crippen LogP contribution in [0, 0.1) is 10.7 Å². The van der Waals surface area contributed by atoms with Crippen molar-refractivity contribution in [3.05, 3.63) is 29.8 Å². The van der Waals surface area contributed by atoms with Crippen molar-refractivity contribution in [1.82, 2.24) is 0 Å². The molecule has 0 aliphatic heterocycles. The summed E-state index contributed by atoms with van der Waals surface area (Å²) in [6.07, 6.45) is 0. The van der Waals surface area contributed by atoms with Crippen LogP contribution >= 0.6 is 23.4 Å². The molecule has 4 heteroatoms. The number of thioether (sulfide) groups is 1. The second-order valence-electron chi connectivity index (χ2n) is 1.99. The highest BCUT2D eigenvalue weighted by molar-refractivity contribution is 8.03. The molecule has 0 saturated carbocycles. The SMILES string of the molecule is N#CSc1ccc(C(=O)Cl)cc1. The van der Waals surface area contributed by atoms with E-state index in [4.69, 9.17) is 16.9 Å². The summed E-state index contributed by atoms with van der Waals surface area (Å²) in [6.45, 7) is 0. The predicted molar refractivity (Wildman–Crippen MR) is 48.1 cm³/mol. The summed E-state index contributed by atoms with van der Waals surface area (Å²) in [5, 5.41) is 9.77. The zero-order valence-electron chi connectivity index (χ0n) is 5.95. The molecule has 0 bridgehead atoms. The monoisotopic (exact) mass is 197 g/mol. The minimum Gasteiger partial charge on any atom is -0.276 e. The van der Waals surface area contributed by atoms with Gasteiger partial charge in [-0.3, -0.25) is 4.79 Å². The molecule has 0 unspecified atom stereocenters. The van der Waals surface area contributed by atoms with E-state index < -0.39 is 5.24 Å². The Labute approximate surface area is 79.1 Å². The maximum absolute atomic E-state index is 10.6. The van der Waals surface area contributed by atoms with Crippen molar-refractivity contribution in [1.29, 1.82) is 5.26 Å². The fourth-order valence-corrected chi connectivity index (χ4v) is 1.21. The smallest absolute Gasteiger partial charge is 0.252 e. The van der Waals surface area contributed by atoms with E-state index in [1.54, 1.807) is 24.3 Å². The lowest BCUT2D eigenvalue weighted by atomic mass is 10.2. The third-order valence-corrected chi connectivity index (χ3v) is 2.06. The highest BCUT2D eigenvalue weighted by Crippen LogP contribution is 2.17. The average Bonchev–Trinajstić information content (AvgIpc) is 2.06. The van der Waals surface area contributed by atoms with Gasteiger partial charge in [-0.25, -0.2) is 0 Å². The standard InChI is InChI=1S/C8H4ClNOS/c9-8(11)6-1-3-7(4-2-6)12-5-10/h1-4H. The molecule has 0 atom stereocenters. The number of carbonyl (C=O) groups is 1. The Kier molecular flexibility index (Phi) is 3.15. The molecule has 0 aromatic heterocycles. The van der Waals surface area contributed by atoms with E-state index >= 15 is 0 Å². The van der Waals surface area contributed by atoms with E-state index in [1.165, 1.54) is 0 Å². The molecule has 0 radical (unpaired) electrons. The molecular formula is C8H4ClNOS. The van der Waals surface area contributed by atoms with Gasteiger partial charge in [-0.1, -0.05) is 0 Å². The zero-order valence-corrected chi connectivity index (χ0v) is 7.52. The molecule has 1 aromatic rings. The summed E-state index contributed by atoms with van der Waals surface area (Å²) in [5.41, 5.74) is 0.443. The summed E-state index contributed by atoms with van der Waals surface area (Å²) in [5.74, 6) is 0. The molecule has 0 aliphatic carbocycles. The number of benzene rings is 1. The van der Waals surface area contributed by atoms with Gasteiger partial charge in [0.15, 0.2) is 0 Å². The van der Waals surface area contributed by atoms with Gasteiger partial charge in [0.2, 0.25) is 0 Å². The largest absolute Gasteiger partial charge is 0.276 e. The van der Waals surface area contributed by atoms with Crippen LogP contribution in [0.4, 0.5) is 0 Å². The molecule has 0 N–H and O–H groups in total. The van der Waals surface area contributed by atoms with E-state index in [2.05, 4.69) is 0 Å². The van der Waals surface area contributed by atoms with E-state index in [1.807, 2.05) is 5.40 Å². The summed E-state index contributed by atoms with van der Waals surface area (Å²) in [7, 11) is 0. The maximum Gasteiger partial charge on any atom is 0.252 e. The lowest BCUT2D eigenvalue weighted by Crippen LogP contribution is -1.86. The molecule has 0 heterocycles. The minimum absolute atomic E-state index is 0.443. The lowest BCUT2D eigenvalue weighted by molar-refractivity contribution is 0.108. The van der Waals surface area contributed by atoms with E-state index in [0.29, 0.717) is 5.56 Å². The van der Waals surface area contributed by atoms with Crippen LogP contribution in [0.5, 0.6) is 0 Å². The van der Waals surface area contributed by atoms with Crippen LogP contribution < -0.4 is 0 Å². The number of halogens is 1. The average molecular weight is 198 g/mol. The van der Waals surface area contributed by atoms with Gasteiger partial charge in [-0.2, -0.15) is 5.26 Å². The van der Waals surface area contributed by atoms with Gasteiger partial charge in [0.25, 0.3) is 5.24 Å². The number of nitrogens with zero attached hydrogens (tertiary/aromatic N) is 1. The number of rotatable bonds is 2. The molecule has 12 heavy (non-hydrogen) atoms. The first kappa shape index (κ1) is 9.11. The summed E-state index contributed by atoms with van der Waals surface area (Å²) in [6, 6.07) is 6.55. The number of nitriles is 1. The third kappa shape index (κ3) is 2.26. The Hall–Kier alpha value is -0.980. The van der Waals surface area contributed by atoms with Crippen LogP contribution in [-0.4, -0.2) is 5.24 Å². The van der Waals surface area contributed by atoms with E-state index in [9.17, 15) is 4.79 Å². The van der Waals surface area contributed by atoms with Crippen LogP contribution in [0.15, 0.2) is 29.2 Å². The first-order valence-electron chi connectivity index (χ1n) is 3.10. The highest BCUT2D eigenvalue weighted by Gasteiger charge is 2.00. The summed E-state index contributed by atoms with van der Waals surface area (Å²) < 4.78 is 0. The third-order valence-electron chi connectivity index (χ3n) is 1.24. The zero-order chi connectivity index (χ0) is 8.97. The van der Waals surface area contributed by atoms with Crippen molar-refractivity contribution in [2.75, 3.05) is 0 Å². The highest BCUT2D eigenvalue weighted by atomic mass is 35.5. The van der Waals surface area contributed by atoms with Crippen LogP contribution in [0.1, 0.15) is 10.4 Å². The topological polar surface area (TPSA) is 40.9 Å². The summed E-state index contributed by atoms with van der Waals surface area (Å²) >= 11 is 6.27. The van der Waals surface area contributed by atoms with Crippen molar-refractivity contribution in [3.8, 4) is 5.40 Å². The molecule has 0 spiro atoms. The number of hydrogen-bond acceptors (Lipinski definition) is 3. The molecular weight excluding hydrogens is 194 g/mol. The Morgan fingerprint density at radius 1 is 1.42 bits per heavy atom. The minimum atomic E-state index is -0.483. The molecule has 1 aromatic carbocycles. The Bertz CT molecular complexity index is 328. The Morgan fingerprint density at radius 3 is 2.42 bits per heavy atom. The number of hydrogen-bond donors (Lipinski definition) is 0. The maximum atomic E-state index is 10.6. The van der Waals surface area contributed by atoms with Crippen LogP contribution in [0.2, 0.25) is 0 Å². The fourth-order valence-electron chi connectivity index (χ4n) is 0.707. The van der Waals surface area contributed by atoms with Crippen LogP contribution in [0.25, 0.3) is 0 Å². The van der Waals surface area contributed by atoms with Crippen molar-refractivity contribution in [2.24, 2.45) is 0 Å². The van der Waals surface area contributed by atoms with Crippen LogP contribution in [-0.2, 0) is 0 Å². The van der Waals surface area contributed by atoms with Crippen LogP contribution in [0.3, 0.4) is 0 Å². The lowest BCUT2D eigenvalue weighted by Gasteiger charge is -1.94. The molecule has 1 rings (SSSR count). The summed E-state index contributed by atoms with van der Waals surface area (Å²) in [4.78, 5) is 11.4. The fraction of sp³-hybridized carbons (Fsp3) is 0. The first-order chi connectivity index (χ1) is 5.74. The van der Waals surface area contributed by atoms with Gasteiger partial charge in [-0.15, -0.1) is 0 Å². The molecule has 60 valence electrons. The number of thiocyanates is 1. The second kappa shape index (κ2) is 4.15. The first-order valence-corrected chi connectivity index (χ1v) is 4.29. The molecule has 0 aliphatic rings. The molecule has 0 fully saturated rings. The normalized spacial score (nSPS) is 9.00. The number of carbonyl (C=O) groups excluding carboxylic acids is 1. The van der Waals surface area contributed by atoms with E-state index in [-0.39, 0.29) is 0 Å². The Balaban J connectivity index is 2.87. The molecule has 0 amide bonds. The van der Waals surface area contributed by atoms with Crippen molar-refractivity contribution in [2.45, 2.75) is 4.90 Å². The van der Waals surface area contributed by atoms with Crippen molar-refractivity contribution < 1.29 is 4.79 Å². The van der Waals surface area contributed by atoms with Gasteiger partial charge < -0.3 is 0 Å². The van der Waals surface area contributed by atoms with Crippen molar-refractivity contribution in [3.63, 3.8) is 0 Å². The molecule has 2 nitrogen and oxygen atoms in total. The Morgan fingerprint density at radius 2 is 2.00 bits per heavy atom.